The highest BCUT2D eigenvalue weighted by atomic mass is 32.2. The van der Waals surface area contributed by atoms with Gasteiger partial charge in [0.25, 0.3) is 0 Å². The molecule has 1 aromatic rings. The van der Waals surface area contributed by atoms with E-state index in [4.69, 9.17) is 0 Å². The number of rotatable bonds is 5. The van der Waals surface area contributed by atoms with E-state index in [1.165, 1.54) is 28.8 Å². The highest BCUT2D eigenvalue weighted by Gasteiger charge is 2.46. The summed E-state index contributed by atoms with van der Waals surface area (Å²) in [4.78, 5) is 20.0. The Morgan fingerprint density at radius 2 is 2.00 bits per heavy atom. The van der Waals surface area contributed by atoms with Crippen molar-refractivity contribution in [2.75, 3.05) is 37.9 Å². The Hall–Kier alpha value is -1.61. The number of amides is 1. The molecule has 0 aromatic heterocycles. The van der Waals surface area contributed by atoms with Crippen molar-refractivity contribution < 1.29 is 17.6 Å². The van der Waals surface area contributed by atoms with Gasteiger partial charge in [-0.1, -0.05) is 23.9 Å². The fourth-order valence-corrected chi connectivity index (χ4v) is 6.12. The van der Waals surface area contributed by atoms with Gasteiger partial charge in [0.15, 0.2) is 15.0 Å². The summed E-state index contributed by atoms with van der Waals surface area (Å²) < 4.78 is 37.0. The molecule has 0 bridgehead atoms. The summed E-state index contributed by atoms with van der Waals surface area (Å²) in [5.74, 6) is 0.135. The van der Waals surface area contributed by atoms with Gasteiger partial charge in [0.2, 0.25) is 5.91 Å². The number of thioether (sulfide) groups is 1. The molecule has 1 amide bonds. The van der Waals surface area contributed by atoms with E-state index in [0.29, 0.717) is 13.0 Å². The maximum Gasteiger partial charge on any atom is 0.232 e. The number of nitrogens with zero attached hydrogens (tertiary/aromatic N) is 3. The topological polar surface area (TPSA) is 70.0 Å². The number of halogens is 1. The van der Waals surface area contributed by atoms with E-state index in [2.05, 4.69) is 4.99 Å². The van der Waals surface area contributed by atoms with E-state index in [9.17, 15) is 17.6 Å². The summed E-state index contributed by atoms with van der Waals surface area (Å²) >= 11 is 1.35. The Morgan fingerprint density at radius 3 is 2.65 bits per heavy atom. The molecule has 1 fully saturated rings. The monoisotopic (exact) mass is 399 g/mol. The lowest BCUT2D eigenvalue weighted by molar-refractivity contribution is -0.125. The van der Waals surface area contributed by atoms with Crippen LogP contribution in [0.5, 0.6) is 0 Å². The van der Waals surface area contributed by atoms with E-state index in [0.717, 1.165) is 10.7 Å². The number of benzene rings is 1. The van der Waals surface area contributed by atoms with Gasteiger partial charge in [-0.05, 0) is 24.1 Å². The van der Waals surface area contributed by atoms with Crippen molar-refractivity contribution >= 4 is 32.7 Å². The van der Waals surface area contributed by atoms with Gasteiger partial charge >= 0.3 is 0 Å². The van der Waals surface area contributed by atoms with Crippen LogP contribution in [-0.4, -0.2) is 79.3 Å². The number of aliphatic imine (C=N–C) groups is 1. The first kappa shape index (κ1) is 19.2. The highest BCUT2D eigenvalue weighted by Crippen LogP contribution is 2.31. The third-order valence-electron chi connectivity index (χ3n) is 4.59. The fourth-order valence-electron chi connectivity index (χ4n) is 3.13. The average Bonchev–Trinajstić information content (AvgIpc) is 3.03. The maximum absolute atomic E-state index is 13.1. The van der Waals surface area contributed by atoms with Crippen LogP contribution in [0.15, 0.2) is 29.3 Å². The molecule has 9 heteroatoms. The number of sulfone groups is 1. The minimum Gasteiger partial charge on any atom is -0.348 e. The van der Waals surface area contributed by atoms with Gasteiger partial charge in [-0.3, -0.25) is 9.79 Å². The molecule has 26 heavy (non-hydrogen) atoms. The second-order valence-electron chi connectivity index (χ2n) is 6.77. The first-order valence-electron chi connectivity index (χ1n) is 8.37. The lowest BCUT2D eigenvalue weighted by Crippen LogP contribution is -2.40. The molecule has 0 radical (unpaired) electrons. The summed E-state index contributed by atoms with van der Waals surface area (Å²) in [6.45, 7) is 0.588. The van der Waals surface area contributed by atoms with Crippen LogP contribution < -0.4 is 0 Å². The minimum absolute atomic E-state index is 0.0131. The van der Waals surface area contributed by atoms with E-state index in [-0.39, 0.29) is 41.1 Å². The molecule has 2 atom stereocenters. The number of hydrogen-bond acceptors (Lipinski definition) is 6. The Kier molecular flexibility index (Phi) is 5.57. The predicted octanol–water partition coefficient (Wildman–Crippen LogP) is 1.03. The largest absolute Gasteiger partial charge is 0.348 e. The summed E-state index contributed by atoms with van der Waals surface area (Å²) in [5, 5.41) is 0.729. The molecular formula is C17H22FN3O3S2. The van der Waals surface area contributed by atoms with E-state index in [1.54, 1.807) is 26.2 Å². The zero-order valence-electron chi connectivity index (χ0n) is 14.8. The zero-order valence-corrected chi connectivity index (χ0v) is 16.4. The van der Waals surface area contributed by atoms with Crippen molar-refractivity contribution in [1.82, 2.24) is 9.80 Å². The van der Waals surface area contributed by atoms with Crippen molar-refractivity contribution in [3.05, 3.63) is 35.6 Å². The van der Waals surface area contributed by atoms with Gasteiger partial charge in [0.1, 0.15) is 5.82 Å². The Labute approximate surface area is 157 Å². The van der Waals surface area contributed by atoms with E-state index >= 15 is 0 Å². The van der Waals surface area contributed by atoms with Gasteiger partial charge < -0.3 is 9.80 Å². The quantitative estimate of drug-likeness (QED) is 0.740. The molecule has 0 spiro atoms. The van der Waals surface area contributed by atoms with Crippen LogP contribution in [0.4, 0.5) is 4.39 Å². The molecule has 2 aliphatic heterocycles. The van der Waals surface area contributed by atoms with Crippen LogP contribution in [0.25, 0.3) is 0 Å². The second kappa shape index (κ2) is 7.56. The Balaban J connectivity index is 1.71. The summed E-state index contributed by atoms with van der Waals surface area (Å²) in [5.41, 5.74) is 0.976. The molecule has 1 saturated heterocycles. The number of carbonyl (C=O) groups is 1. The predicted molar refractivity (Wildman–Crippen MR) is 102 cm³/mol. The standard InChI is InChI=1S/C17H22FN3O3S2/c1-20(2)16(22)9-25-17-19-14-10-26(23,24)11-15(14)21(17)8-7-12-3-5-13(18)6-4-12/h3-6,14-15H,7-11H2,1-2H3/t14-,15-/m0/s1. The molecule has 0 N–H and O–H groups in total. The smallest absolute Gasteiger partial charge is 0.232 e. The SMILES string of the molecule is CN(C)C(=O)CSC1=N[C@H]2CS(=O)(=O)C[C@@H]2N1CCc1ccc(F)cc1. The molecule has 1 aromatic carbocycles. The van der Waals surface area contributed by atoms with Crippen molar-refractivity contribution in [2.24, 2.45) is 4.99 Å². The normalized spacial score (nSPS) is 23.7. The molecular weight excluding hydrogens is 377 g/mol. The van der Waals surface area contributed by atoms with Crippen LogP contribution in [0.1, 0.15) is 5.56 Å². The molecule has 0 saturated carbocycles. The summed E-state index contributed by atoms with van der Waals surface area (Å²) in [7, 11) is 0.325. The van der Waals surface area contributed by atoms with E-state index in [1.807, 2.05) is 4.90 Å². The molecule has 0 aliphatic carbocycles. The average molecular weight is 400 g/mol. The first-order valence-corrected chi connectivity index (χ1v) is 11.2. The first-order chi connectivity index (χ1) is 12.2. The highest BCUT2D eigenvalue weighted by molar-refractivity contribution is 8.14. The molecule has 3 rings (SSSR count). The van der Waals surface area contributed by atoms with Crippen LogP contribution in [0, 0.1) is 5.82 Å². The lowest BCUT2D eigenvalue weighted by atomic mass is 10.1. The second-order valence-corrected chi connectivity index (χ2v) is 9.87. The number of amidine groups is 1. The molecule has 2 aliphatic rings. The number of fused-ring (bicyclic) bond motifs is 1. The Bertz CT molecular complexity index is 809. The zero-order chi connectivity index (χ0) is 18.9. The fraction of sp³-hybridized carbons (Fsp3) is 0.529. The van der Waals surface area contributed by atoms with Crippen LogP contribution in [0.3, 0.4) is 0 Å². The number of hydrogen-bond donors (Lipinski definition) is 0. The van der Waals surface area contributed by atoms with Gasteiger partial charge in [0, 0.05) is 20.6 Å². The summed E-state index contributed by atoms with van der Waals surface area (Å²) in [6, 6.07) is 5.87. The van der Waals surface area contributed by atoms with Crippen molar-refractivity contribution in [3.8, 4) is 0 Å². The van der Waals surface area contributed by atoms with Gasteiger partial charge in [-0.15, -0.1) is 0 Å². The molecule has 142 valence electrons. The minimum atomic E-state index is -3.08. The molecule has 6 nitrogen and oxygen atoms in total. The van der Waals surface area contributed by atoms with Crippen LogP contribution >= 0.6 is 11.8 Å². The van der Waals surface area contributed by atoms with Crippen LogP contribution in [0.2, 0.25) is 0 Å². The van der Waals surface area contributed by atoms with Crippen LogP contribution in [-0.2, 0) is 21.1 Å². The third-order valence-corrected chi connectivity index (χ3v) is 7.28. The summed E-state index contributed by atoms with van der Waals surface area (Å²) in [6.07, 6.45) is 0.657. The van der Waals surface area contributed by atoms with E-state index < -0.39 is 9.84 Å². The third kappa shape index (κ3) is 4.37. The number of carbonyl (C=O) groups excluding carboxylic acids is 1. The van der Waals surface area contributed by atoms with Crippen molar-refractivity contribution in [1.29, 1.82) is 0 Å². The Morgan fingerprint density at radius 1 is 1.31 bits per heavy atom. The van der Waals surface area contributed by atoms with Gasteiger partial charge in [0.05, 0.1) is 29.3 Å². The van der Waals surface area contributed by atoms with Crippen molar-refractivity contribution in [3.63, 3.8) is 0 Å². The maximum atomic E-state index is 13.1. The van der Waals surface area contributed by atoms with Crippen molar-refractivity contribution in [2.45, 2.75) is 18.5 Å². The lowest BCUT2D eigenvalue weighted by Gasteiger charge is -2.26. The van der Waals surface area contributed by atoms with Gasteiger partial charge in [-0.2, -0.15) is 0 Å². The molecule has 2 heterocycles. The van der Waals surface area contributed by atoms with Gasteiger partial charge in [-0.25, -0.2) is 12.8 Å². The molecule has 0 unspecified atom stereocenters.